The molecule has 0 atom stereocenters. The molecule has 0 amide bonds. The van der Waals surface area contributed by atoms with Gasteiger partial charge in [0.05, 0.1) is 18.8 Å². The molecule has 0 radical (unpaired) electrons. The van der Waals surface area contributed by atoms with Crippen molar-refractivity contribution in [2.75, 3.05) is 32.9 Å². The summed E-state index contributed by atoms with van der Waals surface area (Å²) in [6, 6.07) is 7.62. The molecule has 0 saturated carbocycles. The Hall–Kier alpha value is -1.17. The molecule has 5 heteroatoms. The highest BCUT2D eigenvalue weighted by Gasteiger charge is 2.30. The second kappa shape index (κ2) is 6.52. The third-order valence-electron chi connectivity index (χ3n) is 3.59. The van der Waals surface area contributed by atoms with Crippen molar-refractivity contribution in [1.29, 1.82) is 0 Å². The van der Waals surface area contributed by atoms with Crippen molar-refractivity contribution in [3.05, 3.63) is 29.8 Å². The molecule has 1 heterocycles. The molecule has 1 aromatic rings. The van der Waals surface area contributed by atoms with E-state index in [1.807, 2.05) is 24.3 Å². The average molecular weight is 294 g/mol. The van der Waals surface area contributed by atoms with Gasteiger partial charge < -0.3 is 15.2 Å². The fraction of sp³-hybridized carbons (Fsp3) is 0.533. The molecule has 0 aromatic heterocycles. The summed E-state index contributed by atoms with van der Waals surface area (Å²) in [6.45, 7) is 8.34. The van der Waals surface area contributed by atoms with Crippen LogP contribution in [0.4, 0.5) is 0 Å². The molecule has 1 aromatic carbocycles. The molecule has 0 bridgehead atoms. The Morgan fingerprint density at radius 1 is 1.45 bits per heavy atom. The minimum absolute atomic E-state index is 0.0598. The summed E-state index contributed by atoms with van der Waals surface area (Å²) in [6.07, 6.45) is 0. The van der Waals surface area contributed by atoms with Crippen molar-refractivity contribution < 1.29 is 9.47 Å². The summed E-state index contributed by atoms with van der Waals surface area (Å²) in [7, 11) is 0. The minimum Gasteiger partial charge on any atom is -0.492 e. The highest BCUT2D eigenvalue weighted by Crippen LogP contribution is 2.20. The highest BCUT2D eigenvalue weighted by molar-refractivity contribution is 7.80. The SMILES string of the molecule is CC1(C)COCCN1CCOc1ccccc1C(N)=S. The molecule has 2 N–H and O–H groups in total. The maximum absolute atomic E-state index is 5.84. The van der Waals surface area contributed by atoms with Crippen LogP contribution in [0.5, 0.6) is 5.75 Å². The van der Waals surface area contributed by atoms with Crippen LogP contribution in [0.2, 0.25) is 0 Å². The van der Waals surface area contributed by atoms with Crippen molar-refractivity contribution >= 4 is 17.2 Å². The Morgan fingerprint density at radius 2 is 2.20 bits per heavy atom. The number of rotatable bonds is 5. The van der Waals surface area contributed by atoms with E-state index in [1.54, 1.807) is 0 Å². The number of nitrogens with two attached hydrogens (primary N) is 1. The smallest absolute Gasteiger partial charge is 0.129 e. The number of thiocarbonyl (C=S) groups is 1. The van der Waals surface area contributed by atoms with Gasteiger partial charge in [0.2, 0.25) is 0 Å². The maximum Gasteiger partial charge on any atom is 0.129 e. The molecular weight excluding hydrogens is 272 g/mol. The standard InChI is InChI=1S/C15H22N2O2S/c1-15(2)11-18-9-7-17(15)8-10-19-13-6-4-3-5-12(13)14(16)20/h3-6H,7-11H2,1-2H3,(H2,16,20). The van der Waals surface area contributed by atoms with Crippen LogP contribution < -0.4 is 10.5 Å². The number of hydrogen-bond donors (Lipinski definition) is 1. The summed E-state index contributed by atoms with van der Waals surface area (Å²) < 4.78 is 11.4. The maximum atomic E-state index is 5.84. The van der Waals surface area contributed by atoms with Gasteiger partial charge in [0.1, 0.15) is 17.3 Å². The summed E-state index contributed by atoms with van der Waals surface area (Å²) in [5.41, 5.74) is 6.55. The van der Waals surface area contributed by atoms with Crippen molar-refractivity contribution in [3.63, 3.8) is 0 Å². The van der Waals surface area contributed by atoms with Gasteiger partial charge in [-0.3, -0.25) is 4.90 Å². The second-order valence-corrected chi connectivity index (χ2v) is 6.00. The zero-order chi connectivity index (χ0) is 14.6. The first-order valence-electron chi connectivity index (χ1n) is 6.85. The first-order chi connectivity index (χ1) is 9.50. The van der Waals surface area contributed by atoms with Gasteiger partial charge in [-0.25, -0.2) is 0 Å². The Kier molecular flexibility index (Phi) is 4.96. The third kappa shape index (κ3) is 3.69. The van der Waals surface area contributed by atoms with Gasteiger partial charge in [0.25, 0.3) is 0 Å². The lowest BCUT2D eigenvalue weighted by Crippen LogP contribution is -2.54. The Morgan fingerprint density at radius 3 is 2.90 bits per heavy atom. The van der Waals surface area contributed by atoms with Gasteiger partial charge in [0.15, 0.2) is 0 Å². The Labute approximate surface area is 125 Å². The van der Waals surface area contributed by atoms with Gasteiger partial charge in [0, 0.05) is 18.6 Å². The van der Waals surface area contributed by atoms with Gasteiger partial charge in [-0.05, 0) is 26.0 Å². The lowest BCUT2D eigenvalue weighted by Gasteiger charge is -2.42. The predicted molar refractivity (Wildman–Crippen MR) is 84.3 cm³/mol. The summed E-state index contributed by atoms with van der Waals surface area (Å²) in [5, 5.41) is 0. The third-order valence-corrected chi connectivity index (χ3v) is 3.81. The van der Waals surface area contributed by atoms with E-state index in [9.17, 15) is 0 Å². The first kappa shape index (κ1) is 15.2. The average Bonchev–Trinajstić information content (AvgIpc) is 2.41. The largest absolute Gasteiger partial charge is 0.492 e. The molecule has 0 aliphatic carbocycles. The van der Waals surface area contributed by atoms with Crippen molar-refractivity contribution in [2.45, 2.75) is 19.4 Å². The molecular formula is C15H22N2O2S. The Bertz CT molecular complexity index is 477. The highest BCUT2D eigenvalue weighted by atomic mass is 32.1. The van der Waals surface area contributed by atoms with E-state index in [4.69, 9.17) is 27.4 Å². The van der Waals surface area contributed by atoms with Crippen LogP contribution in [0.1, 0.15) is 19.4 Å². The lowest BCUT2D eigenvalue weighted by molar-refractivity contribution is -0.0547. The van der Waals surface area contributed by atoms with Gasteiger partial charge in [-0.2, -0.15) is 0 Å². The van der Waals surface area contributed by atoms with Crippen LogP contribution in [-0.2, 0) is 4.74 Å². The van der Waals surface area contributed by atoms with Gasteiger partial charge in [-0.1, -0.05) is 24.4 Å². The van der Waals surface area contributed by atoms with E-state index in [-0.39, 0.29) is 5.54 Å². The molecule has 110 valence electrons. The zero-order valence-corrected chi connectivity index (χ0v) is 12.9. The van der Waals surface area contributed by atoms with E-state index >= 15 is 0 Å². The molecule has 2 rings (SSSR count). The molecule has 1 fully saturated rings. The predicted octanol–water partition coefficient (Wildman–Crippen LogP) is 1.81. The monoisotopic (exact) mass is 294 g/mol. The van der Waals surface area contributed by atoms with Crippen molar-refractivity contribution in [1.82, 2.24) is 4.90 Å². The van der Waals surface area contributed by atoms with Crippen LogP contribution in [0, 0.1) is 0 Å². The fourth-order valence-corrected chi connectivity index (χ4v) is 2.54. The molecule has 20 heavy (non-hydrogen) atoms. The number of morpholine rings is 1. The van der Waals surface area contributed by atoms with Crippen molar-refractivity contribution in [3.8, 4) is 5.75 Å². The number of para-hydroxylation sites is 1. The molecule has 1 aliphatic rings. The minimum atomic E-state index is 0.0598. The number of benzene rings is 1. The van der Waals surface area contributed by atoms with Crippen LogP contribution in [0.15, 0.2) is 24.3 Å². The van der Waals surface area contributed by atoms with E-state index < -0.39 is 0 Å². The van der Waals surface area contributed by atoms with Crippen LogP contribution in [-0.4, -0.2) is 48.3 Å². The zero-order valence-electron chi connectivity index (χ0n) is 12.1. The number of nitrogens with zero attached hydrogens (tertiary/aromatic N) is 1. The van der Waals surface area contributed by atoms with Crippen LogP contribution >= 0.6 is 12.2 Å². The van der Waals surface area contributed by atoms with Gasteiger partial charge >= 0.3 is 0 Å². The normalized spacial score (nSPS) is 18.7. The van der Waals surface area contributed by atoms with E-state index in [0.717, 1.165) is 37.6 Å². The topological polar surface area (TPSA) is 47.7 Å². The first-order valence-corrected chi connectivity index (χ1v) is 7.26. The summed E-state index contributed by atoms with van der Waals surface area (Å²) in [4.78, 5) is 2.76. The summed E-state index contributed by atoms with van der Waals surface area (Å²) >= 11 is 5.03. The van der Waals surface area contributed by atoms with Crippen LogP contribution in [0.25, 0.3) is 0 Å². The van der Waals surface area contributed by atoms with E-state index in [2.05, 4.69) is 18.7 Å². The summed E-state index contributed by atoms with van der Waals surface area (Å²) in [5.74, 6) is 0.756. The second-order valence-electron chi connectivity index (χ2n) is 5.56. The molecule has 0 spiro atoms. The van der Waals surface area contributed by atoms with E-state index in [1.165, 1.54) is 0 Å². The molecule has 1 aliphatic heterocycles. The lowest BCUT2D eigenvalue weighted by atomic mass is 10.0. The number of hydrogen-bond acceptors (Lipinski definition) is 4. The molecule has 4 nitrogen and oxygen atoms in total. The number of ether oxygens (including phenoxy) is 2. The molecule has 0 unspecified atom stereocenters. The molecule has 1 saturated heterocycles. The quantitative estimate of drug-likeness (QED) is 0.839. The van der Waals surface area contributed by atoms with Crippen LogP contribution in [0.3, 0.4) is 0 Å². The van der Waals surface area contributed by atoms with Gasteiger partial charge in [-0.15, -0.1) is 0 Å². The van der Waals surface area contributed by atoms with Crippen molar-refractivity contribution in [2.24, 2.45) is 5.73 Å². The Balaban J connectivity index is 1.91. The van der Waals surface area contributed by atoms with E-state index in [0.29, 0.717) is 11.6 Å². The fourth-order valence-electron chi connectivity index (χ4n) is 2.37.